The quantitative estimate of drug-likeness (QED) is 0.649. The largest absolute Gasteiger partial charge is 0.384 e. The highest BCUT2D eigenvalue weighted by Crippen LogP contribution is 2.11. The maximum absolute atomic E-state index is 5.84. The SMILES string of the molecule is CN=C(N)c1cccc(CCc2ccc(CN)cc2)c1.Cl.Cl. The molecule has 0 aliphatic rings. The summed E-state index contributed by atoms with van der Waals surface area (Å²) in [5.41, 5.74) is 16.2. The van der Waals surface area contributed by atoms with Crippen molar-refractivity contribution >= 4 is 30.6 Å². The Morgan fingerprint density at radius 2 is 1.50 bits per heavy atom. The summed E-state index contributed by atoms with van der Waals surface area (Å²) in [5.74, 6) is 0.583. The van der Waals surface area contributed by atoms with Crippen molar-refractivity contribution in [3.63, 3.8) is 0 Å². The van der Waals surface area contributed by atoms with E-state index in [4.69, 9.17) is 11.5 Å². The van der Waals surface area contributed by atoms with Crippen LogP contribution in [0.25, 0.3) is 0 Å². The van der Waals surface area contributed by atoms with Crippen LogP contribution < -0.4 is 11.5 Å². The number of nitrogens with zero attached hydrogens (tertiary/aromatic N) is 1. The fourth-order valence-corrected chi connectivity index (χ4v) is 2.15. The molecule has 0 spiro atoms. The van der Waals surface area contributed by atoms with Crippen LogP contribution in [0.1, 0.15) is 22.3 Å². The van der Waals surface area contributed by atoms with E-state index in [1.54, 1.807) is 7.05 Å². The average Bonchev–Trinajstić information content (AvgIpc) is 2.53. The minimum Gasteiger partial charge on any atom is -0.384 e. The standard InChI is InChI=1S/C17H21N3.2ClH/c1-20-17(19)16-4-2-3-14(11-16)8-5-13-6-9-15(12-18)10-7-13;;/h2-4,6-7,9-11H,5,8,12,18H2,1H3,(H2,19,20);2*1H. The molecule has 120 valence electrons. The Hall–Kier alpha value is -1.55. The zero-order valence-corrected chi connectivity index (χ0v) is 14.3. The first-order valence-corrected chi connectivity index (χ1v) is 6.82. The van der Waals surface area contributed by atoms with E-state index >= 15 is 0 Å². The summed E-state index contributed by atoms with van der Waals surface area (Å²) in [7, 11) is 1.71. The van der Waals surface area contributed by atoms with Crippen molar-refractivity contribution in [1.29, 1.82) is 0 Å². The van der Waals surface area contributed by atoms with E-state index in [9.17, 15) is 0 Å². The Balaban J connectivity index is 0.00000220. The van der Waals surface area contributed by atoms with Gasteiger partial charge in [-0.15, -0.1) is 24.8 Å². The van der Waals surface area contributed by atoms with Gasteiger partial charge in [0.2, 0.25) is 0 Å². The van der Waals surface area contributed by atoms with Gasteiger partial charge >= 0.3 is 0 Å². The molecular weight excluding hydrogens is 317 g/mol. The van der Waals surface area contributed by atoms with Crippen LogP contribution in [-0.4, -0.2) is 12.9 Å². The molecule has 0 amide bonds. The first-order valence-electron chi connectivity index (χ1n) is 6.82. The van der Waals surface area contributed by atoms with Crippen molar-refractivity contribution in [2.24, 2.45) is 16.5 Å². The molecule has 4 N–H and O–H groups in total. The minimum absolute atomic E-state index is 0. The molecule has 2 rings (SSSR count). The van der Waals surface area contributed by atoms with Crippen LogP contribution in [-0.2, 0) is 19.4 Å². The third-order valence-electron chi connectivity index (χ3n) is 3.42. The topological polar surface area (TPSA) is 64.4 Å². The smallest absolute Gasteiger partial charge is 0.125 e. The van der Waals surface area contributed by atoms with E-state index in [0.29, 0.717) is 12.4 Å². The molecule has 0 aliphatic carbocycles. The maximum atomic E-state index is 5.84. The number of hydrogen-bond acceptors (Lipinski definition) is 2. The van der Waals surface area contributed by atoms with Gasteiger partial charge in [0, 0.05) is 19.2 Å². The van der Waals surface area contributed by atoms with E-state index < -0.39 is 0 Å². The van der Waals surface area contributed by atoms with Gasteiger partial charge in [-0.1, -0.05) is 42.5 Å². The molecule has 5 heteroatoms. The van der Waals surface area contributed by atoms with Crippen molar-refractivity contribution < 1.29 is 0 Å². The van der Waals surface area contributed by atoms with Crippen molar-refractivity contribution in [3.8, 4) is 0 Å². The predicted octanol–water partition coefficient (Wildman–Crippen LogP) is 3.11. The third kappa shape index (κ3) is 5.68. The normalized spacial score (nSPS) is 10.5. The average molecular weight is 340 g/mol. The number of aryl methyl sites for hydroxylation is 2. The van der Waals surface area contributed by atoms with Gasteiger partial charge in [-0.05, 0) is 35.6 Å². The lowest BCUT2D eigenvalue weighted by Crippen LogP contribution is -2.13. The van der Waals surface area contributed by atoms with Gasteiger partial charge in [-0.2, -0.15) is 0 Å². The van der Waals surface area contributed by atoms with Crippen LogP contribution in [0.15, 0.2) is 53.5 Å². The molecule has 3 nitrogen and oxygen atoms in total. The number of nitrogens with two attached hydrogens (primary N) is 2. The lowest BCUT2D eigenvalue weighted by Gasteiger charge is -2.06. The highest BCUT2D eigenvalue weighted by molar-refractivity contribution is 5.97. The summed E-state index contributed by atoms with van der Waals surface area (Å²) in [6.45, 7) is 0.595. The van der Waals surface area contributed by atoms with E-state index in [2.05, 4.69) is 41.4 Å². The summed E-state index contributed by atoms with van der Waals surface area (Å²) in [6, 6.07) is 16.7. The van der Waals surface area contributed by atoms with Crippen LogP contribution in [0.5, 0.6) is 0 Å². The summed E-state index contributed by atoms with van der Waals surface area (Å²) < 4.78 is 0. The Bertz CT molecular complexity index is 595. The lowest BCUT2D eigenvalue weighted by atomic mass is 10.0. The van der Waals surface area contributed by atoms with Crippen molar-refractivity contribution in [2.75, 3.05) is 7.05 Å². The van der Waals surface area contributed by atoms with E-state index in [1.807, 2.05) is 12.1 Å². The van der Waals surface area contributed by atoms with Gasteiger partial charge in [0.05, 0.1) is 0 Å². The molecule has 0 aliphatic heterocycles. The van der Waals surface area contributed by atoms with Gasteiger partial charge in [0.25, 0.3) is 0 Å². The zero-order chi connectivity index (χ0) is 14.4. The maximum Gasteiger partial charge on any atom is 0.125 e. The second-order valence-electron chi connectivity index (χ2n) is 4.83. The summed E-state index contributed by atoms with van der Waals surface area (Å²) >= 11 is 0. The molecule has 0 atom stereocenters. The Kier molecular flexibility index (Phi) is 9.50. The van der Waals surface area contributed by atoms with Crippen LogP contribution in [0.2, 0.25) is 0 Å². The number of rotatable bonds is 5. The summed E-state index contributed by atoms with van der Waals surface area (Å²) in [4.78, 5) is 4.02. The van der Waals surface area contributed by atoms with Gasteiger partial charge in [-0.25, -0.2) is 0 Å². The van der Waals surface area contributed by atoms with E-state index in [0.717, 1.165) is 18.4 Å². The Labute approximate surface area is 144 Å². The Morgan fingerprint density at radius 3 is 2.09 bits per heavy atom. The highest BCUT2D eigenvalue weighted by atomic mass is 35.5. The first kappa shape index (κ1) is 20.5. The zero-order valence-electron chi connectivity index (χ0n) is 12.7. The summed E-state index contributed by atoms with van der Waals surface area (Å²) in [6.07, 6.45) is 2.00. The number of benzene rings is 2. The number of halogens is 2. The van der Waals surface area contributed by atoms with Crippen LogP contribution in [0, 0.1) is 0 Å². The van der Waals surface area contributed by atoms with E-state index in [1.165, 1.54) is 16.7 Å². The lowest BCUT2D eigenvalue weighted by molar-refractivity contribution is 0.955. The van der Waals surface area contributed by atoms with Gasteiger partial charge in [-0.3, -0.25) is 4.99 Å². The van der Waals surface area contributed by atoms with Crippen LogP contribution >= 0.6 is 24.8 Å². The van der Waals surface area contributed by atoms with Gasteiger partial charge in [0.15, 0.2) is 0 Å². The fourth-order valence-electron chi connectivity index (χ4n) is 2.15. The molecular formula is C17H23Cl2N3. The van der Waals surface area contributed by atoms with Crippen LogP contribution in [0.4, 0.5) is 0 Å². The van der Waals surface area contributed by atoms with Crippen molar-refractivity contribution in [3.05, 3.63) is 70.8 Å². The highest BCUT2D eigenvalue weighted by Gasteiger charge is 2.01. The predicted molar refractivity (Wildman–Crippen MR) is 99.3 cm³/mol. The molecule has 0 bridgehead atoms. The van der Waals surface area contributed by atoms with Crippen molar-refractivity contribution in [2.45, 2.75) is 19.4 Å². The van der Waals surface area contributed by atoms with Gasteiger partial charge in [0.1, 0.15) is 5.84 Å². The molecule has 22 heavy (non-hydrogen) atoms. The van der Waals surface area contributed by atoms with Gasteiger partial charge < -0.3 is 11.5 Å². The van der Waals surface area contributed by atoms with E-state index in [-0.39, 0.29) is 24.8 Å². The first-order chi connectivity index (χ1) is 9.72. The summed E-state index contributed by atoms with van der Waals surface area (Å²) in [5, 5.41) is 0. The van der Waals surface area contributed by atoms with Crippen LogP contribution in [0.3, 0.4) is 0 Å². The third-order valence-corrected chi connectivity index (χ3v) is 3.42. The molecule has 0 aromatic heterocycles. The number of amidine groups is 1. The molecule has 0 unspecified atom stereocenters. The second kappa shape index (κ2) is 10.2. The number of aliphatic imine (C=N–C) groups is 1. The molecule has 2 aromatic carbocycles. The monoisotopic (exact) mass is 339 g/mol. The molecule has 2 aromatic rings. The molecule has 0 saturated carbocycles. The second-order valence-corrected chi connectivity index (χ2v) is 4.83. The fraction of sp³-hybridized carbons (Fsp3) is 0.235. The van der Waals surface area contributed by atoms with Crippen molar-refractivity contribution in [1.82, 2.24) is 0 Å². The Morgan fingerprint density at radius 1 is 0.909 bits per heavy atom. The molecule has 0 heterocycles. The number of hydrogen-bond donors (Lipinski definition) is 2. The minimum atomic E-state index is 0. The molecule has 0 fully saturated rings. The molecule has 0 radical (unpaired) electrons. The molecule has 0 saturated heterocycles.